The largest absolute Gasteiger partial charge is 0.507 e. The molecule has 2 saturated carbocycles. The van der Waals surface area contributed by atoms with E-state index in [1.807, 2.05) is 19.1 Å². The second kappa shape index (κ2) is 15.2. The fourth-order valence-electron chi connectivity index (χ4n) is 8.60. The Morgan fingerprint density at radius 1 is 1.06 bits per heavy atom. The number of aliphatic hydroxyl groups excluding tert-OH is 2. The number of cyclic esters (lactones) is 1. The van der Waals surface area contributed by atoms with Crippen molar-refractivity contribution in [3.63, 3.8) is 0 Å². The maximum absolute atomic E-state index is 14.2. The number of nitrogens with one attached hydrogen (secondary N) is 1. The summed E-state index contributed by atoms with van der Waals surface area (Å²) >= 11 is 0. The summed E-state index contributed by atoms with van der Waals surface area (Å²) in [5.74, 6) is 4.62. The van der Waals surface area contributed by atoms with Crippen molar-refractivity contribution in [2.75, 3.05) is 11.9 Å². The third kappa shape index (κ3) is 7.57. The predicted octanol–water partition coefficient (Wildman–Crippen LogP) is 5.12. The number of rotatable bonds is 7. The minimum absolute atomic E-state index is 0.00494. The van der Waals surface area contributed by atoms with Gasteiger partial charge in [0.05, 0.1) is 25.0 Å². The first-order chi connectivity index (χ1) is 24.4. The molecule has 0 aromatic heterocycles. The minimum Gasteiger partial charge on any atom is -0.507 e. The van der Waals surface area contributed by atoms with Crippen LogP contribution in [0.3, 0.4) is 0 Å². The standard InChI is InChI=1S/C41H49NO9/c1-4-25-15-26(29-13-24(22-43)14-31(16-29)42-21-23(3)44)8-9-27-20-37(46)51-39-33(5-2)38(47)30(18-34(27)39)19-36(50-40(25)48)41(49)12-6-7-28-17-32(45)10-11-35(28)41/h4,13-14,16,18,23,26-28,35-36,42-44,47,49H,5-7,10-12,15,17,19-22H2,1-3H3. The molecule has 0 saturated heterocycles. The molecule has 7 atom stereocenters. The second-order valence-corrected chi connectivity index (χ2v) is 14.7. The molecule has 272 valence electrons. The minimum atomic E-state index is -1.44. The van der Waals surface area contributed by atoms with Gasteiger partial charge in [0.25, 0.3) is 0 Å². The van der Waals surface area contributed by atoms with E-state index in [2.05, 4.69) is 17.2 Å². The summed E-state index contributed by atoms with van der Waals surface area (Å²) in [6.45, 7) is 5.32. The van der Waals surface area contributed by atoms with E-state index in [1.165, 1.54) is 0 Å². The Bertz CT molecular complexity index is 1780. The van der Waals surface area contributed by atoms with Crippen LogP contribution in [-0.4, -0.2) is 62.5 Å². The highest BCUT2D eigenvalue weighted by Crippen LogP contribution is 2.50. The summed E-state index contributed by atoms with van der Waals surface area (Å²) in [7, 11) is 0. The number of hydrogen-bond donors (Lipinski definition) is 5. The van der Waals surface area contributed by atoms with Crippen molar-refractivity contribution in [2.45, 2.75) is 121 Å². The predicted molar refractivity (Wildman–Crippen MR) is 190 cm³/mol. The molecule has 0 spiro atoms. The summed E-state index contributed by atoms with van der Waals surface area (Å²) < 4.78 is 12.1. The van der Waals surface area contributed by atoms with Gasteiger partial charge in [-0.3, -0.25) is 9.59 Å². The van der Waals surface area contributed by atoms with Gasteiger partial charge in [-0.15, -0.1) is 0 Å². The molecule has 5 N–H and O–H groups in total. The van der Waals surface area contributed by atoms with E-state index in [1.54, 1.807) is 32.1 Å². The van der Waals surface area contributed by atoms with Crippen molar-refractivity contribution in [3.05, 3.63) is 63.7 Å². The van der Waals surface area contributed by atoms with Crippen LogP contribution in [0, 0.1) is 23.7 Å². The lowest BCUT2D eigenvalue weighted by Crippen LogP contribution is -2.57. The average Bonchev–Trinajstić information content (AvgIpc) is 3.11. The highest BCUT2D eigenvalue weighted by Gasteiger charge is 2.53. The quantitative estimate of drug-likeness (QED) is 0.113. The zero-order valence-corrected chi connectivity index (χ0v) is 29.7. The number of phenols is 1. The van der Waals surface area contributed by atoms with Crippen molar-refractivity contribution in [2.24, 2.45) is 11.8 Å². The number of carbonyl (C=O) groups is 3. The number of benzene rings is 2. The zero-order chi connectivity index (χ0) is 36.4. The average molecular weight is 700 g/mol. The van der Waals surface area contributed by atoms with E-state index in [0.717, 1.165) is 12.0 Å². The van der Waals surface area contributed by atoms with E-state index < -0.39 is 41.6 Å². The van der Waals surface area contributed by atoms with Crippen molar-refractivity contribution in [1.29, 1.82) is 0 Å². The lowest BCUT2D eigenvalue weighted by atomic mass is 9.60. The van der Waals surface area contributed by atoms with Crippen molar-refractivity contribution in [1.82, 2.24) is 0 Å². The molecule has 6 rings (SSSR count). The summed E-state index contributed by atoms with van der Waals surface area (Å²) in [4.78, 5) is 39.7. The molecule has 2 aliphatic heterocycles. The van der Waals surface area contributed by atoms with Crippen LogP contribution in [0.4, 0.5) is 5.69 Å². The highest BCUT2D eigenvalue weighted by atomic mass is 16.6. The molecule has 2 fully saturated rings. The number of allylic oxidation sites excluding steroid dienone is 1. The second-order valence-electron chi connectivity index (χ2n) is 14.7. The Labute approximate surface area is 299 Å². The highest BCUT2D eigenvalue weighted by molar-refractivity contribution is 5.89. The molecule has 51 heavy (non-hydrogen) atoms. The molecule has 0 radical (unpaired) electrons. The van der Waals surface area contributed by atoms with Crippen molar-refractivity contribution in [3.8, 4) is 23.3 Å². The maximum Gasteiger partial charge on any atom is 0.334 e. The van der Waals surface area contributed by atoms with Gasteiger partial charge in [0.2, 0.25) is 0 Å². The van der Waals surface area contributed by atoms with Crippen LogP contribution in [0.1, 0.15) is 112 Å². The smallest absolute Gasteiger partial charge is 0.334 e. The Morgan fingerprint density at radius 2 is 1.84 bits per heavy atom. The Hall–Kier alpha value is -4.17. The zero-order valence-electron chi connectivity index (χ0n) is 29.7. The van der Waals surface area contributed by atoms with Crippen LogP contribution in [0.2, 0.25) is 0 Å². The molecule has 2 heterocycles. The SMILES string of the molecule is CC=C1CC(c2cc(CO)cc(NCC(C)O)c2)C#CC2CC(=O)Oc3c2cc(c(O)c3CC)CC(C2(O)CCCC3CC(=O)CCC32)OC1=O. The van der Waals surface area contributed by atoms with Crippen molar-refractivity contribution >= 4 is 23.4 Å². The monoisotopic (exact) mass is 699 g/mol. The summed E-state index contributed by atoms with van der Waals surface area (Å²) in [6, 6.07) is 7.28. The normalized spacial score (nSPS) is 29.3. The first-order valence-corrected chi connectivity index (χ1v) is 18.3. The number of aliphatic hydroxyl groups is 3. The number of phenolic OH excluding ortho intramolecular Hbond substituents is 1. The molecular formula is C41H49NO9. The first-order valence-electron chi connectivity index (χ1n) is 18.3. The molecule has 4 aliphatic rings. The number of ether oxygens (including phenoxy) is 2. The van der Waals surface area contributed by atoms with Gasteiger partial charge in [-0.25, -0.2) is 4.79 Å². The number of Topliss-reactive ketones (excluding diaryl/α,β-unsaturated/α-hetero) is 1. The summed E-state index contributed by atoms with van der Waals surface area (Å²) in [5, 5.41) is 47.5. The molecule has 2 bridgehead atoms. The maximum atomic E-state index is 14.2. The molecule has 7 unspecified atom stereocenters. The van der Waals surface area contributed by atoms with E-state index in [4.69, 9.17) is 9.47 Å². The van der Waals surface area contributed by atoms with Gasteiger partial charge in [-0.1, -0.05) is 37.3 Å². The third-order valence-corrected chi connectivity index (χ3v) is 11.2. The summed E-state index contributed by atoms with van der Waals surface area (Å²) in [6.07, 6.45) is 3.70. The number of carbonyl (C=O) groups excluding carboxylic acids is 3. The number of hydrogen-bond acceptors (Lipinski definition) is 10. The van der Waals surface area contributed by atoms with Gasteiger partial charge in [0, 0.05) is 54.1 Å². The number of anilines is 1. The molecule has 10 nitrogen and oxygen atoms in total. The van der Waals surface area contributed by atoms with Crippen LogP contribution in [0.5, 0.6) is 11.5 Å². The van der Waals surface area contributed by atoms with Gasteiger partial charge in [-0.2, -0.15) is 0 Å². The topological polar surface area (TPSA) is 163 Å². The first kappa shape index (κ1) is 36.6. The summed E-state index contributed by atoms with van der Waals surface area (Å²) in [5.41, 5.74) is 2.50. The van der Waals surface area contributed by atoms with Gasteiger partial charge < -0.3 is 35.2 Å². The Morgan fingerprint density at radius 3 is 2.57 bits per heavy atom. The van der Waals surface area contributed by atoms with Gasteiger partial charge >= 0.3 is 11.9 Å². The molecular weight excluding hydrogens is 650 g/mol. The molecule has 2 aromatic carbocycles. The number of aromatic hydroxyl groups is 1. The van der Waals surface area contributed by atoms with Crippen LogP contribution < -0.4 is 10.1 Å². The number of ketones is 1. The fraction of sp³-hybridized carbons (Fsp3) is 0.537. The molecule has 0 amide bonds. The van der Waals surface area contributed by atoms with E-state index in [9.17, 15) is 34.8 Å². The molecule has 2 aromatic rings. The van der Waals surface area contributed by atoms with Gasteiger partial charge in [0.1, 0.15) is 29.0 Å². The van der Waals surface area contributed by atoms with E-state index in [0.29, 0.717) is 72.0 Å². The lowest BCUT2D eigenvalue weighted by Gasteiger charge is -2.50. The van der Waals surface area contributed by atoms with Crippen LogP contribution in [0.15, 0.2) is 35.9 Å². The Kier molecular flexibility index (Phi) is 10.9. The van der Waals surface area contributed by atoms with Crippen LogP contribution in [0.25, 0.3) is 0 Å². The van der Waals surface area contributed by atoms with E-state index >= 15 is 0 Å². The van der Waals surface area contributed by atoms with Gasteiger partial charge in [-0.05, 0) is 92.7 Å². The Balaban J connectivity index is 1.50. The number of fused-ring (bicyclic) bond motifs is 2. The number of esters is 2. The van der Waals surface area contributed by atoms with Crippen molar-refractivity contribution < 1.29 is 44.3 Å². The fourth-order valence-corrected chi connectivity index (χ4v) is 8.60. The van der Waals surface area contributed by atoms with Crippen LogP contribution in [-0.2, 0) is 38.6 Å². The molecule has 2 aliphatic carbocycles. The molecule has 10 heteroatoms. The lowest BCUT2D eigenvalue weighted by molar-refractivity contribution is -0.187. The third-order valence-electron chi connectivity index (χ3n) is 11.2. The van der Waals surface area contributed by atoms with E-state index in [-0.39, 0.29) is 61.5 Å². The van der Waals surface area contributed by atoms with Gasteiger partial charge in [0.15, 0.2) is 0 Å². The van der Waals surface area contributed by atoms with Crippen LogP contribution >= 0.6 is 0 Å².